The Morgan fingerprint density at radius 2 is 1.98 bits per heavy atom. The third-order valence-corrected chi connectivity index (χ3v) is 5.98. The number of alkyl halides is 3. The Labute approximate surface area is 236 Å². The number of carbonyl (C=O) groups excluding carboxylic acids is 1. The quantitative estimate of drug-likeness (QED) is 0.316. The Hall–Kier alpha value is -3.75. The maximum Gasteiger partial charge on any atom is 0.431 e. The Morgan fingerprint density at radius 3 is 2.59 bits per heavy atom. The lowest BCUT2D eigenvalue weighted by atomic mass is 10.1. The molecule has 1 aromatic carbocycles. The fourth-order valence-corrected chi connectivity index (χ4v) is 3.94. The molecule has 41 heavy (non-hydrogen) atoms. The molecule has 1 fully saturated rings. The first kappa shape index (κ1) is 31.8. The average Bonchev–Trinajstić information content (AvgIpc) is 2.93. The summed E-state index contributed by atoms with van der Waals surface area (Å²) in [6.45, 7) is 3.25. The molecule has 222 valence electrons. The van der Waals surface area contributed by atoms with Crippen LogP contribution in [0.4, 0.5) is 17.6 Å². The van der Waals surface area contributed by atoms with E-state index in [1.165, 1.54) is 31.3 Å². The van der Waals surface area contributed by atoms with Crippen molar-refractivity contribution in [1.82, 2.24) is 19.4 Å². The van der Waals surface area contributed by atoms with E-state index in [9.17, 15) is 31.9 Å². The SMILES string of the molecule is CCOC(=O)COC1CCCCN1.Cn1c(C(F)(F)F)cc(=O)n(-c2cc(Oc3cccnc3)c(Cl)cc2F)c1=O. The standard InChI is InChI=1S/C17H10ClF4N3O3.C9H17NO3/c1-24-14(17(20,21)22)7-15(26)25(16(24)27)12-6-13(10(18)5-11(12)19)28-9-3-2-4-23-8-9;1-2-12-9(11)7-13-8-5-3-4-6-10-8/h2-8H,1H3;8,10H,2-7H2,1H3. The topological polar surface area (TPSA) is 114 Å². The van der Waals surface area contributed by atoms with E-state index in [0.29, 0.717) is 6.61 Å². The first-order chi connectivity index (χ1) is 19.4. The first-order valence-corrected chi connectivity index (χ1v) is 12.8. The minimum absolute atomic E-state index is 0.0400. The zero-order valence-corrected chi connectivity index (χ0v) is 22.8. The number of rotatable bonds is 7. The molecule has 1 aliphatic heterocycles. The van der Waals surface area contributed by atoms with Crippen LogP contribution >= 0.6 is 11.6 Å². The third kappa shape index (κ3) is 8.62. The first-order valence-electron chi connectivity index (χ1n) is 12.4. The fraction of sp³-hybridized carbons (Fsp3) is 0.385. The molecule has 1 N–H and O–H groups in total. The normalized spacial score (nSPS) is 15.0. The second-order valence-corrected chi connectivity index (χ2v) is 9.03. The number of esters is 1. The smallest absolute Gasteiger partial charge is 0.431 e. The van der Waals surface area contributed by atoms with E-state index < -0.39 is 34.6 Å². The minimum Gasteiger partial charge on any atom is -0.464 e. The summed E-state index contributed by atoms with van der Waals surface area (Å²) in [5.74, 6) is -1.27. The molecule has 15 heteroatoms. The monoisotopic (exact) mass is 602 g/mol. The zero-order valence-electron chi connectivity index (χ0n) is 22.0. The van der Waals surface area contributed by atoms with Crippen LogP contribution in [-0.2, 0) is 27.5 Å². The predicted molar refractivity (Wildman–Crippen MR) is 140 cm³/mol. The van der Waals surface area contributed by atoms with Gasteiger partial charge in [0.15, 0.2) is 0 Å². The van der Waals surface area contributed by atoms with E-state index >= 15 is 0 Å². The molecule has 0 bridgehead atoms. The number of hydrogen-bond donors (Lipinski definition) is 1. The Balaban J connectivity index is 0.000000298. The van der Waals surface area contributed by atoms with Crippen LogP contribution < -0.4 is 21.3 Å². The van der Waals surface area contributed by atoms with E-state index in [4.69, 9.17) is 25.8 Å². The molecule has 1 atom stereocenters. The molecular weight excluding hydrogens is 576 g/mol. The van der Waals surface area contributed by atoms with Gasteiger partial charge in [-0.05, 0) is 50.9 Å². The highest BCUT2D eigenvalue weighted by molar-refractivity contribution is 6.32. The highest BCUT2D eigenvalue weighted by Crippen LogP contribution is 2.33. The number of halogens is 5. The van der Waals surface area contributed by atoms with E-state index in [2.05, 4.69) is 10.3 Å². The van der Waals surface area contributed by atoms with Crippen LogP contribution in [-0.4, -0.2) is 46.1 Å². The number of aromatic nitrogens is 3. The molecule has 10 nitrogen and oxygen atoms in total. The van der Waals surface area contributed by atoms with Gasteiger partial charge in [-0.25, -0.2) is 18.5 Å². The van der Waals surface area contributed by atoms with Crippen molar-refractivity contribution < 1.29 is 36.6 Å². The van der Waals surface area contributed by atoms with Crippen molar-refractivity contribution in [3.63, 3.8) is 0 Å². The van der Waals surface area contributed by atoms with Crippen molar-refractivity contribution in [3.8, 4) is 17.2 Å². The molecule has 0 saturated carbocycles. The maximum atomic E-state index is 14.4. The number of nitrogens with one attached hydrogen (secondary N) is 1. The second-order valence-electron chi connectivity index (χ2n) is 8.62. The molecule has 3 aromatic rings. The number of piperidine rings is 1. The van der Waals surface area contributed by atoms with Crippen molar-refractivity contribution in [3.05, 3.63) is 80.1 Å². The molecule has 1 unspecified atom stereocenters. The summed E-state index contributed by atoms with van der Waals surface area (Å²) in [6.07, 6.45) is 1.27. The fourth-order valence-electron chi connectivity index (χ4n) is 3.76. The molecular formula is C26H27ClF4N4O6. The molecule has 3 heterocycles. The number of benzene rings is 1. The van der Waals surface area contributed by atoms with Gasteiger partial charge in [-0.15, -0.1) is 0 Å². The van der Waals surface area contributed by atoms with Gasteiger partial charge in [0.25, 0.3) is 5.56 Å². The van der Waals surface area contributed by atoms with Crippen molar-refractivity contribution in [1.29, 1.82) is 0 Å². The molecule has 1 saturated heterocycles. The summed E-state index contributed by atoms with van der Waals surface area (Å²) in [5.41, 5.74) is -4.81. The predicted octanol–water partition coefficient (Wildman–Crippen LogP) is 4.20. The second kappa shape index (κ2) is 14.2. The summed E-state index contributed by atoms with van der Waals surface area (Å²) in [7, 11) is 0.821. The summed E-state index contributed by atoms with van der Waals surface area (Å²) < 4.78 is 69.2. The molecule has 1 aliphatic rings. The lowest BCUT2D eigenvalue weighted by Crippen LogP contribution is -2.41. The molecule has 0 amide bonds. The van der Waals surface area contributed by atoms with Gasteiger partial charge in [0, 0.05) is 25.4 Å². The van der Waals surface area contributed by atoms with Crippen LogP contribution in [0, 0.1) is 5.82 Å². The lowest BCUT2D eigenvalue weighted by molar-refractivity contribution is -0.151. The molecule has 0 aliphatic carbocycles. The van der Waals surface area contributed by atoms with Crippen molar-refractivity contribution in [2.45, 2.75) is 38.6 Å². The van der Waals surface area contributed by atoms with Crippen LogP contribution in [0.2, 0.25) is 5.02 Å². The summed E-state index contributed by atoms with van der Waals surface area (Å²) >= 11 is 5.93. The summed E-state index contributed by atoms with van der Waals surface area (Å²) in [5, 5.41) is 3.01. The number of ether oxygens (including phenoxy) is 3. The molecule has 4 rings (SSSR count). The number of hydrogen-bond acceptors (Lipinski definition) is 8. The van der Waals surface area contributed by atoms with Gasteiger partial charge in [-0.2, -0.15) is 13.2 Å². The van der Waals surface area contributed by atoms with E-state index in [0.717, 1.165) is 32.1 Å². The largest absolute Gasteiger partial charge is 0.464 e. The van der Waals surface area contributed by atoms with E-state index in [-0.39, 0.29) is 50.5 Å². The van der Waals surface area contributed by atoms with Gasteiger partial charge in [0.1, 0.15) is 35.8 Å². The lowest BCUT2D eigenvalue weighted by Gasteiger charge is -2.22. The molecule has 2 aromatic heterocycles. The van der Waals surface area contributed by atoms with Crippen LogP contribution in [0.1, 0.15) is 31.9 Å². The average molecular weight is 603 g/mol. The van der Waals surface area contributed by atoms with E-state index in [1.807, 2.05) is 0 Å². The van der Waals surface area contributed by atoms with Crippen molar-refractivity contribution >= 4 is 17.6 Å². The Bertz CT molecular complexity index is 1460. The highest BCUT2D eigenvalue weighted by atomic mass is 35.5. The van der Waals surface area contributed by atoms with Crippen molar-refractivity contribution in [2.75, 3.05) is 19.8 Å². The summed E-state index contributed by atoms with van der Waals surface area (Å²) in [4.78, 5) is 39.2. The number of carbonyl (C=O) groups is 1. The Kier molecular flexibility index (Phi) is 11.0. The van der Waals surface area contributed by atoms with Gasteiger partial charge < -0.3 is 14.2 Å². The van der Waals surface area contributed by atoms with Crippen LogP contribution in [0.3, 0.4) is 0 Å². The van der Waals surface area contributed by atoms with Gasteiger partial charge in [-0.3, -0.25) is 19.7 Å². The number of pyridine rings is 1. The number of nitrogens with zero attached hydrogens (tertiary/aromatic N) is 3. The van der Waals surface area contributed by atoms with Gasteiger partial charge in [0.05, 0.1) is 23.5 Å². The van der Waals surface area contributed by atoms with E-state index in [1.54, 1.807) is 13.0 Å². The minimum atomic E-state index is -4.93. The zero-order chi connectivity index (χ0) is 30.2. The molecule has 0 spiro atoms. The molecule has 0 radical (unpaired) electrons. The maximum absolute atomic E-state index is 14.4. The van der Waals surface area contributed by atoms with Crippen molar-refractivity contribution in [2.24, 2.45) is 7.05 Å². The Morgan fingerprint density at radius 1 is 1.22 bits per heavy atom. The van der Waals surface area contributed by atoms with Crippen LogP contribution in [0.15, 0.2) is 52.3 Å². The van der Waals surface area contributed by atoms with Crippen LogP contribution in [0.25, 0.3) is 5.69 Å². The van der Waals surface area contributed by atoms with Gasteiger partial charge >= 0.3 is 17.8 Å². The summed E-state index contributed by atoms with van der Waals surface area (Å²) in [6, 6.07) is 5.02. The highest BCUT2D eigenvalue weighted by Gasteiger charge is 2.35. The van der Waals surface area contributed by atoms with Gasteiger partial charge in [0.2, 0.25) is 0 Å². The van der Waals surface area contributed by atoms with Crippen LogP contribution in [0.5, 0.6) is 11.5 Å². The van der Waals surface area contributed by atoms with Gasteiger partial charge in [-0.1, -0.05) is 11.6 Å². The third-order valence-electron chi connectivity index (χ3n) is 5.69.